The second-order valence-corrected chi connectivity index (χ2v) is 10.9. The monoisotopic (exact) mass is 726 g/mol. The Morgan fingerprint density at radius 3 is 2.34 bits per heavy atom. The van der Waals surface area contributed by atoms with E-state index in [1.807, 2.05) is 0 Å². The molecule has 270 valence electrons. The van der Waals surface area contributed by atoms with E-state index in [-0.39, 0.29) is 42.6 Å². The van der Waals surface area contributed by atoms with Crippen LogP contribution in [-0.4, -0.2) is 93.6 Å². The number of nitrogens with two attached hydrogens (primary N) is 2. The van der Waals surface area contributed by atoms with Crippen LogP contribution in [-0.2, 0) is 27.2 Å². The summed E-state index contributed by atoms with van der Waals surface area (Å²) in [4.78, 5) is 70.4. The van der Waals surface area contributed by atoms with Crippen molar-refractivity contribution in [3.05, 3.63) is 80.3 Å². The van der Waals surface area contributed by atoms with Crippen molar-refractivity contribution in [2.75, 3.05) is 18.1 Å². The Morgan fingerprint density at radius 2 is 1.76 bits per heavy atom. The third-order valence-corrected chi connectivity index (χ3v) is 7.46. The molecule has 5 rings (SSSR count). The molecule has 3 aromatic heterocycles. The highest BCUT2D eigenvalue weighted by molar-refractivity contribution is 5.96. The maximum atomic E-state index is 13.7. The Labute approximate surface area is 285 Å². The van der Waals surface area contributed by atoms with Gasteiger partial charge in [-0.05, 0) is 48.6 Å². The number of nitrogens with zero attached hydrogens (tertiary/aromatic N) is 3. The number of aliphatic hydroxyl groups is 2. The number of aromatic nitrogens is 5. The number of aryl methyl sites for hydroxylation is 2. The van der Waals surface area contributed by atoms with E-state index in [0.717, 1.165) is 23.4 Å². The van der Waals surface area contributed by atoms with Crippen molar-refractivity contribution in [3.8, 4) is 0 Å². The third-order valence-electron chi connectivity index (χ3n) is 7.46. The molecule has 0 radical (unpaired) electrons. The summed E-state index contributed by atoms with van der Waals surface area (Å²) >= 11 is 0. The molecular formula is C29H33ClF2N8O10. The summed E-state index contributed by atoms with van der Waals surface area (Å²) in [6.45, 7) is -0.787. The average Bonchev–Trinajstić information content (AvgIpc) is 3.55. The van der Waals surface area contributed by atoms with Gasteiger partial charge in [0.2, 0.25) is 12.2 Å². The Balaban J connectivity index is 0.000000303. The normalized spacial score (nSPS) is 18.4. The molecule has 4 atom stereocenters. The lowest BCUT2D eigenvalue weighted by Crippen LogP contribution is -2.41. The van der Waals surface area contributed by atoms with E-state index in [2.05, 4.69) is 25.3 Å². The summed E-state index contributed by atoms with van der Waals surface area (Å²) in [5, 5.41) is 38.7. The van der Waals surface area contributed by atoms with Crippen LogP contribution in [0.1, 0.15) is 40.6 Å². The Morgan fingerprint density at radius 1 is 1.08 bits per heavy atom. The number of hydrogen-bond donors (Lipinski definition) is 9. The van der Waals surface area contributed by atoms with Gasteiger partial charge < -0.3 is 51.9 Å². The van der Waals surface area contributed by atoms with Crippen molar-refractivity contribution in [2.24, 2.45) is 0 Å². The first-order chi connectivity index (χ1) is 23.1. The number of nitrogen functional groups attached to an aromatic ring is 2. The highest BCUT2D eigenvalue weighted by Crippen LogP contribution is 2.41. The number of H-pyrrole nitrogens is 2. The topological polar surface area (TPSA) is 302 Å². The zero-order valence-electron chi connectivity index (χ0n) is 25.8. The number of rotatable bonds is 11. The van der Waals surface area contributed by atoms with Crippen LogP contribution in [0.5, 0.6) is 0 Å². The number of carboxylic acid groups (broad SMARTS) is 2. The van der Waals surface area contributed by atoms with Crippen molar-refractivity contribution < 1.29 is 48.3 Å². The number of hydrogen-bond acceptors (Lipinski definition) is 12. The minimum Gasteiger partial charge on any atom is -0.481 e. The number of ether oxygens (including phenoxy) is 1. The van der Waals surface area contributed by atoms with Gasteiger partial charge in [-0.2, -0.15) is 18.7 Å². The Kier molecular flexibility index (Phi) is 12.7. The first kappa shape index (κ1) is 39.0. The van der Waals surface area contributed by atoms with Crippen molar-refractivity contribution in [2.45, 2.75) is 56.1 Å². The third kappa shape index (κ3) is 8.96. The summed E-state index contributed by atoms with van der Waals surface area (Å²) < 4.78 is 32.7. The van der Waals surface area contributed by atoms with Crippen LogP contribution >= 0.6 is 12.4 Å². The molecule has 11 N–H and O–H groups in total. The first-order valence-electron chi connectivity index (χ1n) is 14.5. The maximum absolute atomic E-state index is 13.7. The van der Waals surface area contributed by atoms with E-state index < -0.39 is 66.1 Å². The van der Waals surface area contributed by atoms with Gasteiger partial charge in [0.1, 0.15) is 23.6 Å². The molecule has 50 heavy (non-hydrogen) atoms. The summed E-state index contributed by atoms with van der Waals surface area (Å²) in [5.41, 5.74) is 11.8. The lowest BCUT2D eigenvalue weighted by Gasteiger charge is -2.20. The molecule has 4 aromatic rings. The second kappa shape index (κ2) is 16.3. The summed E-state index contributed by atoms with van der Waals surface area (Å²) in [7, 11) is 0. The molecule has 0 spiro atoms. The van der Waals surface area contributed by atoms with Crippen LogP contribution in [0.15, 0.2) is 52.3 Å². The van der Waals surface area contributed by atoms with E-state index >= 15 is 0 Å². The molecule has 4 heterocycles. The van der Waals surface area contributed by atoms with E-state index in [0.29, 0.717) is 28.4 Å². The number of benzene rings is 1. The van der Waals surface area contributed by atoms with Crippen molar-refractivity contribution in [3.63, 3.8) is 0 Å². The van der Waals surface area contributed by atoms with Crippen molar-refractivity contribution in [1.29, 1.82) is 0 Å². The Hall–Kier alpha value is -5.44. The molecule has 1 aliphatic heterocycles. The van der Waals surface area contributed by atoms with Gasteiger partial charge in [0.25, 0.3) is 11.5 Å². The number of fused-ring (bicyclic) bond motifs is 1. The van der Waals surface area contributed by atoms with Crippen LogP contribution in [0.3, 0.4) is 0 Å². The lowest BCUT2D eigenvalue weighted by molar-refractivity contribution is -0.141. The highest BCUT2D eigenvalue weighted by Gasteiger charge is 2.59. The number of halogens is 3. The number of anilines is 2. The molecular weight excluding hydrogens is 694 g/mol. The zero-order valence-corrected chi connectivity index (χ0v) is 26.6. The van der Waals surface area contributed by atoms with E-state index in [4.69, 9.17) is 31.5 Å². The second-order valence-electron chi connectivity index (χ2n) is 10.9. The molecule has 1 amide bonds. The average molecular weight is 727 g/mol. The number of carbonyl (C=O) groups excluding carboxylic acids is 1. The minimum atomic E-state index is -3.71. The molecule has 0 unspecified atom stereocenters. The van der Waals surface area contributed by atoms with Crippen molar-refractivity contribution in [1.82, 2.24) is 29.8 Å². The molecule has 1 saturated heterocycles. The van der Waals surface area contributed by atoms with Crippen LogP contribution in [0.4, 0.5) is 20.5 Å². The van der Waals surface area contributed by atoms with Gasteiger partial charge >= 0.3 is 23.6 Å². The highest BCUT2D eigenvalue weighted by atomic mass is 35.5. The number of nitrogens with one attached hydrogen (secondary N) is 3. The van der Waals surface area contributed by atoms with Crippen LogP contribution < -0.4 is 28.0 Å². The van der Waals surface area contributed by atoms with E-state index in [1.54, 1.807) is 30.5 Å². The number of amides is 1. The number of carbonyl (C=O) groups is 3. The fourth-order valence-corrected chi connectivity index (χ4v) is 4.92. The van der Waals surface area contributed by atoms with Gasteiger partial charge in [-0.1, -0.05) is 12.1 Å². The largest absolute Gasteiger partial charge is 0.481 e. The lowest BCUT2D eigenvalue weighted by atomic mass is 10.0. The fourth-order valence-electron chi connectivity index (χ4n) is 4.92. The number of alkyl halides is 2. The Bertz CT molecular complexity index is 1950. The maximum Gasteiger partial charge on any atom is 0.351 e. The van der Waals surface area contributed by atoms with Gasteiger partial charge in [0.05, 0.1) is 12.0 Å². The van der Waals surface area contributed by atoms with Crippen molar-refractivity contribution >= 4 is 53.1 Å². The van der Waals surface area contributed by atoms with Gasteiger partial charge in [-0.15, -0.1) is 12.4 Å². The van der Waals surface area contributed by atoms with Gasteiger partial charge in [-0.25, -0.2) is 9.59 Å². The molecule has 0 bridgehead atoms. The number of aliphatic carboxylic acids is 2. The van der Waals surface area contributed by atoms with Gasteiger partial charge in [-0.3, -0.25) is 19.0 Å². The van der Waals surface area contributed by atoms with E-state index in [1.165, 1.54) is 0 Å². The predicted molar refractivity (Wildman–Crippen MR) is 173 cm³/mol. The van der Waals surface area contributed by atoms with Gasteiger partial charge in [0, 0.05) is 24.4 Å². The molecule has 0 aliphatic carbocycles. The molecule has 1 aliphatic rings. The van der Waals surface area contributed by atoms with Gasteiger partial charge in [0.15, 0.2) is 6.10 Å². The number of aromatic amines is 2. The quantitative estimate of drug-likeness (QED) is 0.0967. The van der Waals surface area contributed by atoms with Crippen LogP contribution in [0.2, 0.25) is 0 Å². The zero-order chi connectivity index (χ0) is 36.0. The summed E-state index contributed by atoms with van der Waals surface area (Å²) in [6.07, 6.45) is -2.40. The molecule has 21 heteroatoms. The number of aliphatic hydroxyl groups excluding tert-OH is 2. The fraction of sp³-hybridized carbons (Fsp3) is 0.345. The van der Waals surface area contributed by atoms with E-state index in [9.17, 15) is 37.9 Å². The van der Waals surface area contributed by atoms with Crippen LogP contribution in [0, 0.1) is 0 Å². The standard InChI is InChI=1S/C20H21N5O6.C9H11F2N3O4.ClH/c21-20-24-16-15(18(29)25-20)12(9-22-16)6-3-10-1-4-11(5-2-10)17(28)23-13(19(30)31)7-8-14(26)27;10-9(11)6(16)4(3-15)18-7(9)14-2-1-5(12)13-8(14)17;/h1-2,4-5,9,13H,3,6-8H2,(H,23,28)(H,26,27)(H,30,31)(H4,21,22,24,25,29);1-2,4,6-7,15-16H,3H2,(H2,12,13,17);1H/t13-;4-,6-,7-;/m01./s1. The molecule has 18 nitrogen and oxygen atoms in total. The number of carboxylic acids is 2. The molecule has 1 aromatic carbocycles. The molecule has 1 fully saturated rings. The smallest absolute Gasteiger partial charge is 0.351 e. The SMILES string of the molecule is Cl.Nc1ccn([C@@H]2O[C@H](CO)[C@@H](O)C2(F)F)c(=O)n1.Nc1nc(=O)c2c(CCc3ccc(C(=O)N[C@@H](CCC(=O)O)C(=O)O)cc3)c[nH]c2[nH]1. The minimum absolute atomic E-state index is 0. The summed E-state index contributed by atoms with van der Waals surface area (Å²) in [5.74, 6) is -6.83. The first-order valence-corrected chi connectivity index (χ1v) is 14.5. The molecule has 0 saturated carbocycles. The van der Waals surface area contributed by atoms with Crippen LogP contribution in [0.25, 0.3) is 11.0 Å². The predicted octanol–water partition coefficient (Wildman–Crippen LogP) is -0.200. The summed E-state index contributed by atoms with van der Waals surface area (Å²) in [6, 6.07) is 6.45.